The fraction of sp³-hybridized carbons (Fsp3) is 0.538. The van der Waals surface area contributed by atoms with Crippen LogP contribution in [0.1, 0.15) is 31.4 Å². The SMILES string of the molecule is C[C@H]1CC[C@@H]([C@H](O)c2ccccc2S(C)(=O)=O)O1. The molecule has 1 aliphatic heterocycles. The monoisotopic (exact) mass is 270 g/mol. The minimum atomic E-state index is -3.34. The molecule has 0 aromatic heterocycles. The predicted octanol–water partition coefficient (Wildman–Crippen LogP) is 1.69. The number of rotatable bonds is 3. The molecule has 0 radical (unpaired) electrons. The molecular formula is C13H18O4S. The lowest BCUT2D eigenvalue weighted by atomic mass is 10.0. The van der Waals surface area contributed by atoms with Gasteiger partial charge in [-0.3, -0.25) is 0 Å². The Kier molecular flexibility index (Phi) is 3.75. The van der Waals surface area contributed by atoms with Crippen LogP contribution in [0.4, 0.5) is 0 Å². The average molecular weight is 270 g/mol. The molecule has 1 aliphatic rings. The minimum Gasteiger partial charge on any atom is -0.386 e. The van der Waals surface area contributed by atoms with Crippen LogP contribution in [0, 0.1) is 0 Å². The van der Waals surface area contributed by atoms with Crippen LogP contribution >= 0.6 is 0 Å². The van der Waals surface area contributed by atoms with E-state index in [-0.39, 0.29) is 17.1 Å². The number of hydrogen-bond donors (Lipinski definition) is 1. The predicted molar refractivity (Wildman–Crippen MR) is 68.1 cm³/mol. The van der Waals surface area contributed by atoms with Crippen molar-refractivity contribution in [1.82, 2.24) is 0 Å². The van der Waals surface area contributed by atoms with E-state index in [1.807, 2.05) is 6.92 Å². The van der Waals surface area contributed by atoms with Gasteiger partial charge in [-0.25, -0.2) is 8.42 Å². The fourth-order valence-electron chi connectivity index (χ4n) is 2.33. The van der Waals surface area contributed by atoms with Crippen LogP contribution in [0.3, 0.4) is 0 Å². The summed E-state index contributed by atoms with van der Waals surface area (Å²) in [4.78, 5) is 0.181. The summed E-state index contributed by atoms with van der Waals surface area (Å²) in [6, 6.07) is 6.55. The van der Waals surface area contributed by atoms with Crippen LogP contribution in [0.2, 0.25) is 0 Å². The summed E-state index contributed by atoms with van der Waals surface area (Å²) in [6.07, 6.45) is 1.71. The second-order valence-electron chi connectivity index (χ2n) is 4.82. The first kappa shape index (κ1) is 13.5. The largest absolute Gasteiger partial charge is 0.386 e. The molecule has 1 aromatic rings. The maximum absolute atomic E-state index is 11.7. The summed E-state index contributed by atoms with van der Waals surface area (Å²) in [5.41, 5.74) is 0.430. The molecule has 0 unspecified atom stereocenters. The average Bonchev–Trinajstić information content (AvgIpc) is 2.74. The minimum absolute atomic E-state index is 0.120. The normalized spacial score (nSPS) is 26.2. The second-order valence-corrected chi connectivity index (χ2v) is 6.80. The van der Waals surface area contributed by atoms with Crippen molar-refractivity contribution >= 4 is 9.84 Å². The molecule has 0 spiro atoms. The van der Waals surface area contributed by atoms with Crippen LogP contribution < -0.4 is 0 Å². The van der Waals surface area contributed by atoms with Crippen LogP contribution in [0.15, 0.2) is 29.2 Å². The molecule has 3 atom stereocenters. The zero-order valence-corrected chi connectivity index (χ0v) is 11.4. The second kappa shape index (κ2) is 4.99. The molecule has 0 aliphatic carbocycles. The third-order valence-corrected chi connectivity index (χ3v) is 4.42. The Labute approximate surface area is 108 Å². The van der Waals surface area contributed by atoms with E-state index in [0.29, 0.717) is 5.56 Å². The number of aliphatic hydroxyl groups is 1. The lowest BCUT2D eigenvalue weighted by molar-refractivity contribution is -0.0308. The lowest BCUT2D eigenvalue weighted by Crippen LogP contribution is -2.20. The number of hydrogen-bond acceptors (Lipinski definition) is 4. The molecular weight excluding hydrogens is 252 g/mol. The molecule has 1 saturated heterocycles. The first-order valence-electron chi connectivity index (χ1n) is 6.02. The number of ether oxygens (including phenoxy) is 1. The van der Waals surface area contributed by atoms with Gasteiger partial charge < -0.3 is 9.84 Å². The first-order valence-corrected chi connectivity index (χ1v) is 7.91. The van der Waals surface area contributed by atoms with Crippen LogP contribution in [-0.2, 0) is 14.6 Å². The van der Waals surface area contributed by atoms with Gasteiger partial charge in [0.2, 0.25) is 0 Å². The van der Waals surface area contributed by atoms with Gasteiger partial charge in [0.05, 0.1) is 17.1 Å². The molecule has 0 bridgehead atoms. The highest BCUT2D eigenvalue weighted by Gasteiger charge is 2.31. The molecule has 0 amide bonds. The summed E-state index contributed by atoms with van der Waals surface area (Å²) in [5.74, 6) is 0. The van der Waals surface area contributed by atoms with Crippen molar-refractivity contribution < 1.29 is 18.3 Å². The highest BCUT2D eigenvalue weighted by atomic mass is 32.2. The molecule has 18 heavy (non-hydrogen) atoms. The summed E-state index contributed by atoms with van der Waals surface area (Å²) >= 11 is 0. The van der Waals surface area contributed by atoms with Crippen molar-refractivity contribution in [2.45, 2.75) is 43.0 Å². The molecule has 1 heterocycles. The van der Waals surface area contributed by atoms with Gasteiger partial charge in [0, 0.05) is 11.8 Å². The number of sulfone groups is 1. The van der Waals surface area contributed by atoms with Gasteiger partial charge in [0.15, 0.2) is 9.84 Å². The van der Waals surface area contributed by atoms with Crippen molar-refractivity contribution in [2.24, 2.45) is 0 Å². The number of aliphatic hydroxyl groups excluding tert-OH is 1. The lowest BCUT2D eigenvalue weighted by Gasteiger charge is -2.20. The van der Waals surface area contributed by atoms with Crippen molar-refractivity contribution in [3.05, 3.63) is 29.8 Å². The summed E-state index contributed by atoms with van der Waals surface area (Å²) in [6.45, 7) is 1.95. The van der Waals surface area contributed by atoms with Gasteiger partial charge in [0.1, 0.15) is 6.10 Å². The third-order valence-electron chi connectivity index (χ3n) is 3.25. The van der Waals surface area contributed by atoms with E-state index in [0.717, 1.165) is 19.1 Å². The van der Waals surface area contributed by atoms with Crippen molar-refractivity contribution in [3.8, 4) is 0 Å². The Morgan fingerprint density at radius 1 is 1.33 bits per heavy atom. The molecule has 1 N–H and O–H groups in total. The highest BCUT2D eigenvalue weighted by Crippen LogP contribution is 2.32. The Hall–Kier alpha value is -0.910. The Morgan fingerprint density at radius 3 is 2.56 bits per heavy atom. The third kappa shape index (κ3) is 2.74. The Bertz CT molecular complexity index is 524. The summed E-state index contributed by atoms with van der Waals surface area (Å²) < 4.78 is 29.0. The van der Waals surface area contributed by atoms with E-state index in [1.54, 1.807) is 18.2 Å². The van der Waals surface area contributed by atoms with E-state index < -0.39 is 15.9 Å². The quantitative estimate of drug-likeness (QED) is 0.908. The Morgan fingerprint density at radius 2 is 2.00 bits per heavy atom. The number of benzene rings is 1. The van der Waals surface area contributed by atoms with Gasteiger partial charge in [-0.15, -0.1) is 0 Å². The molecule has 4 nitrogen and oxygen atoms in total. The van der Waals surface area contributed by atoms with Crippen LogP contribution in [0.5, 0.6) is 0 Å². The van der Waals surface area contributed by atoms with Crippen molar-refractivity contribution in [1.29, 1.82) is 0 Å². The zero-order chi connectivity index (χ0) is 13.3. The van der Waals surface area contributed by atoms with E-state index >= 15 is 0 Å². The van der Waals surface area contributed by atoms with Gasteiger partial charge in [-0.2, -0.15) is 0 Å². The van der Waals surface area contributed by atoms with Gasteiger partial charge >= 0.3 is 0 Å². The standard InChI is InChI=1S/C13H18O4S/c1-9-7-8-11(17-9)13(14)10-5-3-4-6-12(10)18(2,15)16/h3-6,9,11,13-14H,7-8H2,1-2H3/t9-,11-,13+/m0/s1. The van der Waals surface area contributed by atoms with E-state index in [2.05, 4.69) is 0 Å². The highest BCUT2D eigenvalue weighted by molar-refractivity contribution is 7.90. The smallest absolute Gasteiger partial charge is 0.175 e. The first-order chi connectivity index (χ1) is 8.39. The van der Waals surface area contributed by atoms with Gasteiger partial charge in [-0.1, -0.05) is 18.2 Å². The van der Waals surface area contributed by atoms with Gasteiger partial charge in [0.25, 0.3) is 0 Å². The molecule has 1 fully saturated rings. The Balaban J connectivity index is 2.33. The molecule has 0 saturated carbocycles. The van der Waals surface area contributed by atoms with E-state index in [9.17, 15) is 13.5 Å². The van der Waals surface area contributed by atoms with Crippen molar-refractivity contribution in [2.75, 3.05) is 6.26 Å². The van der Waals surface area contributed by atoms with E-state index in [1.165, 1.54) is 6.07 Å². The van der Waals surface area contributed by atoms with Gasteiger partial charge in [-0.05, 0) is 25.8 Å². The topological polar surface area (TPSA) is 63.6 Å². The summed E-state index contributed by atoms with van der Waals surface area (Å²) in [5, 5.41) is 10.3. The van der Waals surface area contributed by atoms with Crippen LogP contribution in [0.25, 0.3) is 0 Å². The van der Waals surface area contributed by atoms with Crippen LogP contribution in [-0.4, -0.2) is 32.0 Å². The maximum atomic E-state index is 11.7. The molecule has 1 aromatic carbocycles. The fourth-order valence-corrected chi connectivity index (χ4v) is 3.27. The maximum Gasteiger partial charge on any atom is 0.175 e. The van der Waals surface area contributed by atoms with E-state index in [4.69, 9.17) is 4.74 Å². The zero-order valence-electron chi connectivity index (χ0n) is 10.5. The molecule has 100 valence electrons. The molecule has 2 rings (SSSR count). The van der Waals surface area contributed by atoms with Crippen molar-refractivity contribution in [3.63, 3.8) is 0 Å². The summed E-state index contributed by atoms with van der Waals surface area (Å²) in [7, 11) is -3.34. The molecule has 5 heteroatoms.